The van der Waals surface area contributed by atoms with Crippen LogP contribution in [0.5, 0.6) is 11.5 Å². The third kappa shape index (κ3) is 5.87. The summed E-state index contributed by atoms with van der Waals surface area (Å²) in [6.45, 7) is 13.2. The van der Waals surface area contributed by atoms with Crippen molar-refractivity contribution in [3.05, 3.63) is 131 Å². The average Bonchev–Trinajstić information content (AvgIpc) is 3.08. The van der Waals surface area contributed by atoms with E-state index < -0.39 is 0 Å². The number of ether oxygens (including phenoxy) is 1. The Labute approximate surface area is 273 Å². The summed E-state index contributed by atoms with van der Waals surface area (Å²) in [6.07, 6.45) is 8.20. The first-order chi connectivity index (χ1) is 22.2. The highest BCUT2D eigenvalue weighted by Crippen LogP contribution is 2.41. The van der Waals surface area contributed by atoms with Crippen LogP contribution < -0.4 is 14.5 Å². The van der Waals surface area contributed by atoms with Crippen LogP contribution in [-0.2, 0) is 23.7 Å². The number of rotatable bonds is 6. The summed E-state index contributed by atoms with van der Waals surface area (Å²) in [6, 6.07) is 32.5. The van der Waals surface area contributed by atoms with E-state index in [0.29, 0.717) is 0 Å². The van der Waals surface area contributed by atoms with E-state index in [2.05, 4.69) is 135 Å². The van der Waals surface area contributed by atoms with Gasteiger partial charge in [-0.3, -0.25) is 0 Å². The van der Waals surface area contributed by atoms with Gasteiger partial charge in [0, 0.05) is 54.4 Å². The molecule has 0 fully saturated rings. The number of anilines is 4. The Morgan fingerprint density at radius 2 is 1.09 bits per heavy atom. The van der Waals surface area contributed by atoms with Crippen LogP contribution in [0.2, 0.25) is 0 Å². The fourth-order valence-electron chi connectivity index (χ4n) is 6.86. The molecule has 0 atom stereocenters. The molecule has 5 heteroatoms. The number of pyridine rings is 2. The molecular formula is C41H44N4O. The molecule has 0 amide bonds. The molecule has 0 spiro atoms. The summed E-state index contributed by atoms with van der Waals surface area (Å²) in [5.41, 5.74) is 8.80. The summed E-state index contributed by atoms with van der Waals surface area (Å²) in [4.78, 5) is 14.4. The van der Waals surface area contributed by atoms with Crippen molar-refractivity contribution in [1.29, 1.82) is 0 Å². The van der Waals surface area contributed by atoms with Crippen molar-refractivity contribution >= 4 is 23.0 Å². The van der Waals surface area contributed by atoms with E-state index in [9.17, 15) is 0 Å². The molecule has 0 unspecified atom stereocenters. The monoisotopic (exact) mass is 608 g/mol. The Bertz CT molecular complexity index is 1860. The summed E-state index contributed by atoms with van der Waals surface area (Å²) < 4.78 is 6.60. The number of fused-ring (bicyclic) bond motifs is 2. The van der Waals surface area contributed by atoms with Crippen molar-refractivity contribution in [1.82, 2.24) is 9.97 Å². The van der Waals surface area contributed by atoms with E-state index in [1.165, 1.54) is 39.2 Å². The molecule has 5 nitrogen and oxygen atoms in total. The number of nitrogens with zero attached hydrogens (tertiary/aromatic N) is 4. The summed E-state index contributed by atoms with van der Waals surface area (Å²) in [5.74, 6) is 3.65. The zero-order chi connectivity index (χ0) is 31.9. The highest BCUT2D eigenvalue weighted by atomic mass is 16.5. The normalized spacial score (nSPS) is 14.9. The molecule has 3 aromatic carbocycles. The second-order valence-corrected chi connectivity index (χ2v) is 14.2. The van der Waals surface area contributed by atoms with Gasteiger partial charge < -0.3 is 14.5 Å². The van der Waals surface area contributed by atoms with Crippen LogP contribution in [0.1, 0.15) is 75.3 Å². The molecule has 0 aliphatic carbocycles. The fraction of sp³-hybridized carbons (Fsp3) is 0.317. The second-order valence-electron chi connectivity index (χ2n) is 14.2. The van der Waals surface area contributed by atoms with Gasteiger partial charge in [0.1, 0.15) is 23.1 Å². The van der Waals surface area contributed by atoms with Gasteiger partial charge >= 0.3 is 0 Å². The van der Waals surface area contributed by atoms with Crippen molar-refractivity contribution in [2.75, 3.05) is 22.9 Å². The van der Waals surface area contributed by atoms with Crippen LogP contribution >= 0.6 is 0 Å². The number of hydrogen-bond acceptors (Lipinski definition) is 5. The molecule has 0 saturated carbocycles. The van der Waals surface area contributed by atoms with Gasteiger partial charge in [-0.15, -0.1) is 0 Å². The van der Waals surface area contributed by atoms with Crippen LogP contribution in [0, 0.1) is 0 Å². The van der Waals surface area contributed by atoms with Crippen LogP contribution in [0.25, 0.3) is 0 Å². The first kappa shape index (κ1) is 30.0. The molecule has 0 bridgehead atoms. The van der Waals surface area contributed by atoms with Gasteiger partial charge in [-0.1, -0.05) is 77.1 Å². The van der Waals surface area contributed by atoms with Gasteiger partial charge in [0.15, 0.2) is 0 Å². The van der Waals surface area contributed by atoms with Gasteiger partial charge in [0.2, 0.25) is 0 Å². The van der Waals surface area contributed by atoms with Crippen molar-refractivity contribution < 1.29 is 4.74 Å². The van der Waals surface area contributed by atoms with Crippen molar-refractivity contribution in [3.8, 4) is 11.5 Å². The number of benzene rings is 3. The Balaban J connectivity index is 1.18. The number of aryl methyl sites for hydroxylation is 2. The first-order valence-corrected chi connectivity index (χ1v) is 16.6. The molecule has 0 radical (unpaired) electrons. The first-order valence-electron chi connectivity index (χ1n) is 16.6. The van der Waals surface area contributed by atoms with Gasteiger partial charge in [-0.25, -0.2) is 9.97 Å². The predicted octanol–water partition coefficient (Wildman–Crippen LogP) is 10.1. The summed E-state index contributed by atoms with van der Waals surface area (Å²) in [5, 5.41) is 0. The van der Waals surface area contributed by atoms with Gasteiger partial charge in [0.05, 0.1) is 0 Å². The van der Waals surface area contributed by atoms with Crippen molar-refractivity contribution in [2.45, 2.75) is 71.1 Å². The minimum Gasteiger partial charge on any atom is -0.457 e. The largest absolute Gasteiger partial charge is 0.457 e. The molecule has 2 aliphatic rings. The summed E-state index contributed by atoms with van der Waals surface area (Å²) >= 11 is 0. The van der Waals surface area contributed by atoms with Crippen LogP contribution in [0.4, 0.5) is 23.0 Å². The lowest BCUT2D eigenvalue weighted by Crippen LogP contribution is -2.26. The third-order valence-electron chi connectivity index (χ3n) is 9.71. The van der Waals surface area contributed by atoms with E-state index in [-0.39, 0.29) is 10.8 Å². The Kier molecular flexibility index (Phi) is 7.80. The van der Waals surface area contributed by atoms with E-state index in [4.69, 9.17) is 14.7 Å². The van der Waals surface area contributed by atoms with E-state index in [1.54, 1.807) is 0 Å². The lowest BCUT2D eigenvalue weighted by atomic mass is 9.78. The Morgan fingerprint density at radius 3 is 1.63 bits per heavy atom. The quantitative estimate of drug-likeness (QED) is 0.192. The molecule has 5 aromatic rings. The Morgan fingerprint density at radius 1 is 0.565 bits per heavy atom. The van der Waals surface area contributed by atoms with Crippen LogP contribution in [0.15, 0.2) is 103 Å². The van der Waals surface area contributed by atoms with Gasteiger partial charge in [-0.2, -0.15) is 0 Å². The van der Waals surface area contributed by atoms with Crippen molar-refractivity contribution in [2.24, 2.45) is 0 Å². The molecule has 7 rings (SSSR count). The highest BCUT2D eigenvalue weighted by molar-refractivity contribution is 5.70. The lowest BCUT2D eigenvalue weighted by Gasteiger charge is -2.33. The van der Waals surface area contributed by atoms with Crippen molar-refractivity contribution in [3.63, 3.8) is 0 Å². The average molecular weight is 609 g/mol. The van der Waals surface area contributed by atoms with Gasteiger partial charge in [-0.05, 0) is 95.3 Å². The minimum atomic E-state index is -0.133. The van der Waals surface area contributed by atoms with Gasteiger partial charge in [0.25, 0.3) is 0 Å². The maximum atomic E-state index is 6.60. The highest BCUT2D eigenvalue weighted by Gasteiger charge is 2.27. The maximum Gasteiger partial charge on any atom is 0.133 e. The molecule has 0 saturated heterocycles. The zero-order valence-corrected chi connectivity index (χ0v) is 27.8. The van der Waals surface area contributed by atoms with E-state index in [0.717, 1.165) is 61.9 Å². The molecule has 234 valence electrons. The molecule has 46 heavy (non-hydrogen) atoms. The van der Waals surface area contributed by atoms with E-state index in [1.807, 2.05) is 12.4 Å². The number of hydrogen-bond donors (Lipinski definition) is 0. The topological polar surface area (TPSA) is 41.5 Å². The molecule has 4 heterocycles. The fourth-order valence-corrected chi connectivity index (χ4v) is 6.86. The molecule has 2 aromatic heterocycles. The smallest absolute Gasteiger partial charge is 0.133 e. The summed E-state index contributed by atoms with van der Waals surface area (Å²) in [7, 11) is 0. The van der Waals surface area contributed by atoms with Crippen LogP contribution in [0.3, 0.4) is 0 Å². The zero-order valence-electron chi connectivity index (χ0n) is 27.8. The number of aromatic nitrogens is 2. The molecule has 0 N–H and O–H groups in total. The predicted molar refractivity (Wildman–Crippen MR) is 189 cm³/mol. The molecular weight excluding hydrogens is 564 g/mol. The second kappa shape index (κ2) is 11.9. The maximum absolute atomic E-state index is 6.60. The SMILES string of the molecule is CC(C)(C)c1ccnc(N2CCCc3ccc(Oc4ccc5c(c4)N(c4cc(C(C)(C)c6ccccc6)ccn4)CCC5)cc32)c1. The lowest BCUT2D eigenvalue weighted by molar-refractivity contribution is 0.481. The minimum absolute atomic E-state index is 0.0660. The van der Waals surface area contributed by atoms with E-state index >= 15 is 0 Å². The standard InChI is InChI=1S/C41H44N4O/c1-40(2,3)32-19-21-42-38(25-32)44-23-9-11-29-15-17-34(27-36(29)44)46-35-18-16-30-12-10-24-45(37(30)28-35)39-26-33(20-22-43-39)41(4,5)31-13-7-6-8-14-31/h6-8,13-22,25-28H,9-12,23-24H2,1-5H3. The Hall–Kier alpha value is -4.64. The van der Waals surface area contributed by atoms with Crippen LogP contribution in [-0.4, -0.2) is 23.1 Å². The molecule has 2 aliphatic heterocycles. The third-order valence-corrected chi connectivity index (χ3v) is 9.71.